The molecule has 2 aliphatic rings. The highest BCUT2D eigenvalue weighted by Crippen LogP contribution is 2.48. The Kier molecular flexibility index (Phi) is 5.06. The highest BCUT2D eigenvalue weighted by atomic mass is 16.7. The van der Waals surface area contributed by atoms with E-state index >= 15 is 0 Å². The summed E-state index contributed by atoms with van der Waals surface area (Å²) in [6, 6.07) is 19.3. The number of hydroxylamine groups is 1. The van der Waals surface area contributed by atoms with E-state index < -0.39 is 18.1 Å². The van der Waals surface area contributed by atoms with Gasteiger partial charge in [-0.3, -0.25) is 14.4 Å². The second-order valence-electron chi connectivity index (χ2n) is 8.39. The van der Waals surface area contributed by atoms with E-state index in [4.69, 9.17) is 9.57 Å². The highest BCUT2D eigenvalue weighted by molar-refractivity contribution is 6.24. The van der Waals surface area contributed by atoms with E-state index in [2.05, 4.69) is 0 Å². The van der Waals surface area contributed by atoms with E-state index in [1.165, 1.54) is 18.1 Å². The fraction of sp³-hybridized carbons (Fsp3) is 0.231. The van der Waals surface area contributed by atoms with E-state index in [1.807, 2.05) is 56.3 Å². The van der Waals surface area contributed by atoms with Gasteiger partial charge in [-0.25, -0.2) is 9.96 Å². The third kappa shape index (κ3) is 3.32. The number of ether oxygens (including phenoxy) is 1. The number of para-hydroxylation sites is 1. The number of rotatable bonds is 4. The SMILES string of the molecule is COc1cc(C2C3C(=O)N(c4ccc(C)cc4C)C(=O)C3ON2c2ccccc2)ccc1O. The molecule has 0 aliphatic carbocycles. The molecule has 7 heteroatoms. The van der Waals surface area contributed by atoms with Gasteiger partial charge >= 0.3 is 0 Å². The van der Waals surface area contributed by atoms with Gasteiger partial charge in [0.15, 0.2) is 17.6 Å². The van der Waals surface area contributed by atoms with Crippen molar-refractivity contribution in [1.82, 2.24) is 0 Å². The van der Waals surface area contributed by atoms with Gasteiger partial charge in [-0.1, -0.05) is 42.0 Å². The average Bonchev–Trinajstić information content (AvgIpc) is 3.31. The summed E-state index contributed by atoms with van der Waals surface area (Å²) < 4.78 is 5.29. The predicted molar refractivity (Wildman–Crippen MR) is 123 cm³/mol. The van der Waals surface area contributed by atoms with E-state index in [9.17, 15) is 14.7 Å². The van der Waals surface area contributed by atoms with Crippen molar-refractivity contribution in [1.29, 1.82) is 0 Å². The van der Waals surface area contributed by atoms with Gasteiger partial charge in [-0.15, -0.1) is 0 Å². The number of aromatic hydroxyl groups is 1. The van der Waals surface area contributed by atoms with Gasteiger partial charge in [-0.05, 0) is 55.3 Å². The summed E-state index contributed by atoms with van der Waals surface area (Å²) in [6.45, 7) is 3.85. The lowest BCUT2D eigenvalue weighted by Crippen LogP contribution is -2.37. The van der Waals surface area contributed by atoms with Gasteiger partial charge in [0.05, 0.1) is 24.5 Å². The summed E-state index contributed by atoms with van der Waals surface area (Å²) in [7, 11) is 1.47. The van der Waals surface area contributed by atoms with Crippen LogP contribution in [0.1, 0.15) is 22.7 Å². The van der Waals surface area contributed by atoms with Crippen LogP contribution in [0, 0.1) is 19.8 Å². The van der Waals surface area contributed by atoms with E-state index in [0.29, 0.717) is 11.3 Å². The van der Waals surface area contributed by atoms with Gasteiger partial charge in [0, 0.05) is 0 Å². The normalized spacial score (nSPS) is 22.1. The van der Waals surface area contributed by atoms with Crippen molar-refractivity contribution in [3.8, 4) is 11.5 Å². The molecule has 0 spiro atoms. The third-order valence-electron chi connectivity index (χ3n) is 6.26. The lowest BCUT2D eigenvalue weighted by Gasteiger charge is -2.29. The first-order valence-electron chi connectivity index (χ1n) is 10.7. The van der Waals surface area contributed by atoms with Crippen molar-refractivity contribution >= 4 is 23.2 Å². The Labute approximate surface area is 191 Å². The van der Waals surface area contributed by atoms with Crippen molar-refractivity contribution in [3.05, 3.63) is 83.4 Å². The second-order valence-corrected chi connectivity index (χ2v) is 8.39. The molecule has 168 valence electrons. The molecule has 3 atom stereocenters. The molecule has 0 radical (unpaired) electrons. The number of carbonyl (C=O) groups excluding carboxylic acids is 2. The van der Waals surface area contributed by atoms with Crippen molar-refractivity contribution in [2.45, 2.75) is 26.0 Å². The lowest BCUT2D eigenvalue weighted by molar-refractivity contribution is -0.126. The predicted octanol–water partition coefficient (Wildman–Crippen LogP) is 4.07. The number of fused-ring (bicyclic) bond motifs is 1. The van der Waals surface area contributed by atoms with Crippen molar-refractivity contribution in [2.24, 2.45) is 5.92 Å². The molecule has 2 aliphatic heterocycles. The van der Waals surface area contributed by atoms with Crippen LogP contribution in [0.25, 0.3) is 0 Å². The van der Waals surface area contributed by atoms with E-state index in [0.717, 1.165) is 16.8 Å². The molecule has 33 heavy (non-hydrogen) atoms. The summed E-state index contributed by atoms with van der Waals surface area (Å²) in [5, 5.41) is 11.7. The number of hydrogen-bond donors (Lipinski definition) is 1. The fourth-order valence-corrected chi connectivity index (χ4v) is 4.72. The Hall–Kier alpha value is -3.84. The monoisotopic (exact) mass is 444 g/mol. The van der Waals surface area contributed by atoms with Crippen LogP contribution in [-0.4, -0.2) is 30.1 Å². The molecule has 2 heterocycles. The van der Waals surface area contributed by atoms with Gasteiger partial charge in [0.2, 0.25) is 5.91 Å². The number of benzene rings is 3. The fourth-order valence-electron chi connectivity index (χ4n) is 4.72. The van der Waals surface area contributed by atoms with Crippen LogP contribution < -0.4 is 14.7 Å². The number of phenols is 1. The van der Waals surface area contributed by atoms with Gasteiger partial charge in [-0.2, -0.15) is 0 Å². The molecule has 3 aromatic carbocycles. The smallest absolute Gasteiger partial charge is 0.266 e. The number of amides is 2. The minimum atomic E-state index is -0.955. The number of hydrogen-bond acceptors (Lipinski definition) is 6. The Morgan fingerprint density at radius 3 is 2.39 bits per heavy atom. The molecule has 2 saturated heterocycles. The molecule has 3 unspecified atom stereocenters. The molecular weight excluding hydrogens is 420 g/mol. The maximum atomic E-state index is 13.7. The van der Waals surface area contributed by atoms with Gasteiger partial charge in [0.1, 0.15) is 5.92 Å². The topological polar surface area (TPSA) is 79.3 Å². The number of phenolic OH excluding ortho intramolecular Hbond substituents is 1. The first-order chi connectivity index (χ1) is 15.9. The molecular formula is C26H24N2O5. The number of methoxy groups -OCH3 is 1. The third-order valence-corrected chi connectivity index (χ3v) is 6.26. The maximum absolute atomic E-state index is 13.7. The van der Waals surface area contributed by atoms with Crippen LogP contribution in [0.5, 0.6) is 11.5 Å². The minimum absolute atomic E-state index is 0.00583. The van der Waals surface area contributed by atoms with Crippen LogP contribution in [0.3, 0.4) is 0 Å². The van der Waals surface area contributed by atoms with Crippen LogP contribution >= 0.6 is 0 Å². The average molecular weight is 444 g/mol. The van der Waals surface area contributed by atoms with Crippen LogP contribution in [0.15, 0.2) is 66.7 Å². The van der Waals surface area contributed by atoms with Gasteiger partial charge < -0.3 is 9.84 Å². The molecule has 3 aromatic rings. The first-order valence-corrected chi connectivity index (χ1v) is 10.7. The molecule has 7 nitrogen and oxygen atoms in total. The van der Waals surface area contributed by atoms with E-state index in [1.54, 1.807) is 23.3 Å². The van der Waals surface area contributed by atoms with Crippen LogP contribution in [0.2, 0.25) is 0 Å². The lowest BCUT2D eigenvalue weighted by atomic mass is 9.90. The Bertz CT molecular complexity index is 1240. The standard InChI is InChI=1S/C26H24N2O5/c1-15-9-11-19(16(2)13-15)27-25(30)22-23(17-10-12-20(29)21(14-17)32-3)28(33-24(22)26(27)31)18-7-5-4-6-8-18/h4-14,22-24,29H,1-3H3. The van der Waals surface area contributed by atoms with Gasteiger partial charge in [0.25, 0.3) is 5.91 Å². The molecule has 0 aromatic heterocycles. The summed E-state index contributed by atoms with van der Waals surface area (Å²) in [6.07, 6.45) is -0.955. The molecule has 2 fully saturated rings. The Morgan fingerprint density at radius 1 is 0.939 bits per heavy atom. The summed E-state index contributed by atoms with van der Waals surface area (Å²) >= 11 is 0. The Morgan fingerprint density at radius 2 is 1.70 bits per heavy atom. The zero-order valence-electron chi connectivity index (χ0n) is 18.6. The van der Waals surface area contributed by atoms with Crippen molar-refractivity contribution in [2.75, 3.05) is 17.1 Å². The van der Waals surface area contributed by atoms with Crippen LogP contribution in [0.4, 0.5) is 11.4 Å². The molecule has 2 amide bonds. The molecule has 0 bridgehead atoms. The molecule has 1 N–H and O–H groups in total. The minimum Gasteiger partial charge on any atom is -0.504 e. The zero-order valence-corrected chi connectivity index (χ0v) is 18.6. The maximum Gasteiger partial charge on any atom is 0.266 e. The second kappa shape index (κ2) is 7.94. The summed E-state index contributed by atoms with van der Waals surface area (Å²) in [5.41, 5.74) is 3.89. The zero-order chi connectivity index (χ0) is 23.3. The molecule has 5 rings (SSSR count). The number of anilines is 2. The number of imide groups is 1. The number of carbonyl (C=O) groups is 2. The van der Waals surface area contributed by atoms with Crippen LogP contribution in [-0.2, 0) is 14.4 Å². The summed E-state index contributed by atoms with van der Waals surface area (Å²) in [4.78, 5) is 34.6. The van der Waals surface area contributed by atoms with Crippen molar-refractivity contribution < 1.29 is 24.3 Å². The number of aryl methyl sites for hydroxylation is 2. The Balaban J connectivity index is 1.61. The summed E-state index contributed by atoms with van der Waals surface area (Å²) in [5.74, 6) is -1.17. The van der Waals surface area contributed by atoms with Crippen molar-refractivity contribution in [3.63, 3.8) is 0 Å². The largest absolute Gasteiger partial charge is 0.504 e. The first kappa shape index (κ1) is 21.0. The van der Waals surface area contributed by atoms with E-state index in [-0.39, 0.29) is 23.3 Å². The number of nitrogens with zero attached hydrogens (tertiary/aromatic N) is 2. The quantitative estimate of drug-likeness (QED) is 0.611. The highest BCUT2D eigenvalue weighted by Gasteiger charge is 2.60. The molecule has 0 saturated carbocycles.